The molecule has 1 aliphatic rings. The number of carbonyl (C=O) groups is 1. The fourth-order valence-corrected chi connectivity index (χ4v) is 1.91. The van der Waals surface area contributed by atoms with Gasteiger partial charge < -0.3 is 0 Å². The maximum absolute atomic E-state index is 11.8. The summed E-state index contributed by atoms with van der Waals surface area (Å²) in [5, 5.41) is 0. The summed E-state index contributed by atoms with van der Waals surface area (Å²) in [6.45, 7) is 0. The highest BCUT2D eigenvalue weighted by Gasteiger charge is 2.34. The Morgan fingerprint density at radius 3 is 2.69 bits per heavy atom. The molecule has 2 nitrogen and oxygen atoms in total. The molecule has 0 aromatic rings. The van der Waals surface area contributed by atoms with E-state index in [1.165, 1.54) is 0 Å². The number of Topliss-reactive ketones (excluding diaryl/α,β-unsaturated/α-hetero) is 1. The number of ketones is 1. The van der Waals surface area contributed by atoms with Crippen molar-refractivity contribution in [3.8, 4) is 0 Å². The first-order valence-electron chi connectivity index (χ1n) is 3.66. The van der Waals surface area contributed by atoms with Gasteiger partial charge in [-0.05, 0) is 58.0 Å². The molecule has 0 radical (unpaired) electrons. The lowest BCUT2D eigenvalue weighted by Crippen LogP contribution is -2.26. The lowest BCUT2D eigenvalue weighted by molar-refractivity contribution is -0.118. The van der Waals surface area contributed by atoms with Crippen LogP contribution in [-0.2, 0) is 7.86 Å². The minimum absolute atomic E-state index is 0.0625. The molecule has 0 aromatic carbocycles. The summed E-state index contributed by atoms with van der Waals surface area (Å²) in [5.41, 5.74) is 0.850. The Balaban J connectivity index is 2.78. The zero-order valence-electron chi connectivity index (χ0n) is 6.60. The molecule has 5 heteroatoms. The minimum atomic E-state index is -0.757. The van der Waals surface area contributed by atoms with Gasteiger partial charge in [0.1, 0.15) is 23.0 Å². The van der Waals surface area contributed by atoms with Crippen molar-refractivity contribution < 1.29 is 7.86 Å². The summed E-state index contributed by atoms with van der Waals surface area (Å²) < 4.78 is 4.32. The van der Waals surface area contributed by atoms with Gasteiger partial charge in [0.2, 0.25) is 7.40 Å². The number of carbonyl (C=O) groups excluding carboxylic acids is 1. The molecule has 0 aromatic heterocycles. The standard InChI is InChI=1S/C8H7I3O2/c9-8(10,13-11)7(12)6-4-2-1-3-5-6/h1-2,4H,3,5H2. The normalized spacial score (nSPS) is 17.0. The Hall–Kier alpha value is 1.30. The van der Waals surface area contributed by atoms with Crippen molar-refractivity contribution in [1.82, 2.24) is 0 Å². The van der Waals surface area contributed by atoms with E-state index in [0.717, 1.165) is 18.4 Å². The van der Waals surface area contributed by atoms with E-state index in [1.54, 1.807) is 23.0 Å². The number of hydrogen-bond acceptors (Lipinski definition) is 2. The topological polar surface area (TPSA) is 26.3 Å². The van der Waals surface area contributed by atoms with E-state index < -0.39 is 1.61 Å². The summed E-state index contributed by atoms with van der Waals surface area (Å²) in [4.78, 5) is 11.8. The third-order valence-electron chi connectivity index (χ3n) is 1.67. The van der Waals surface area contributed by atoms with Crippen molar-refractivity contribution >= 4 is 74.0 Å². The second-order valence-corrected chi connectivity index (χ2v) is 8.12. The maximum Gasteiger partial charge on any atom is 0.242 e. The van der Waals surface area contributed by atoms with Crippen LogP contribution >= 0.6 is 68.2 Å². The third kappa shape index (κ3) is 3.42. The van der Waals surface area contributed by atoms with E-state index in [4.69, 9.17) is 3.07 Å². The lowest BCUT2D eigenvalue weighted by atomic mass is 10.0. The first-order chi connectivity index (χ1) is 6.08. The average Bonchev–Trinajstić information content (AvgIpc) is 2.18. The van der Waals surface area contributed by atoms with Crippen LogP contribution in [0.25, 0.3) is 0 Å². The largest absolute Gasteiger partial charge is 0.289 e. The van der Waals surface area contributed by atoms with Crippen LogP contribution in [0, 0.1) is 0 Å². The molecule has 0 unspecified atom stereocenters. The predicted octanol–water partition coefficient (Wildman–Crippen LogP) is 3.72. The molecule has 1 rings (SSSR count). The van der Waals surface area contributed by atoms with E-state index in [9.17, 15) is 4.79 Å². The highest BCUT2D eigenvalue weighted by Crippen LogP contribution is 2.36. The van der Waals surface area contributed by atoms with Crippen molar-refractivity contribution in [3.05, 3.63) is 23.8 Å². The van der Waals surface area contributed by atoms with Gasteiger partial charge in [-0.1, -0.05) is 18.2 Å². The van der Waals surface area contributed by atoms with E-state index in [0.29, 0.717) is 0 Å². The van der Waals surface area contributed by atoms with Crippen LogP contribution in [0.15, 0.2) is 23.8 Å². The van der Waals surface area contributed by atoms with Gasteiger partial charge in [-0.2, -0.15) is 0 Å². The monoisotopic (exact) mass is 516 g/mol. The van der Waals surface area contributed by atoms with Crippen LogP contribution in [0.2, 0.25) is 0 Å². The van der Waals surface area contributed by atoms with Crippen LogP contribution in [0.4, 0.5) is 0 Å². The zero-order valence-corrected chi connectivity index (χ0v) is 13.1. The fraction of sp³-hybridized carbons (Fsp3) is 0.375. The first-order valence-corrected chi connectivity index (χ1v) is 6.70. The van der Waals surface area contributed by atoms with Crippen LogP contribution in [0.3, 0.4) is 0 Å². The number of alkyl halides is 2. The fourth-order valence-electron chi connectivity index (χ4n) is 1.01. The van der Waals surface area contributed by atoms with Crippen LogP contribution in [0.5, 0.6) is 0 Å². The molecule has 72 valence electrons. The first kappa shape index (κ1) is 12.4. The zero-order chi connectivity index (χ0) is 9.90. The second-order valence-electron chi connectivity index (χ2n) is 2.58. The Bertz CT molecular complexity index is 269. The number of halogens is 3. The van der Waals surface area contributed by atoms with Gasteiger partial charge in [-0.3, -0.25) is 7.86 Å². The van der Waals surface area contributed by atoms with E-state index >= 15 is 0 Å². The van der Waals surface area contributed by atoms with Gasteiger partial charge in [0.25, 0.3) is 0 Å². The van der Waals surface area contributed by atoms with E-state index in [1.807, 2.05) is 57.3 Å². The van der Waals surface area contributed by atoms with Gasteiger partial charge in [-0.15, -0.1) is 0 Å². The summed E-state index contributed by atoms with van der Waals surface area (Å²) in [6.07, 6.45) is 7.62. The Labute approximate surface area is 119 Å². The van der Waals surface area contributed by atoms with Gasteiger partial charge in [0.15, 0.2) is 0 Å². The molecule has 0 bridgehead atoms. The Morgan fingerprint density at radius 1 is 1.54 bits per heavy atom. The molecule has 0 N–H and O–H groups in total. The summed E-state index contributed by atoms with van der Waals surface area (Å²) >= 11 is 5.78. The van der Waals surface area contributed by atoms with Crippen molar-refractivity contribution in [2.75, 3.05) is 0 Å². The summed E-state index contributed by atoms with van der Waals surface area (Å²) in [6, 6.07) is 0. The second kappa shape index (κ2) is 5.40. The van der Waals surface area contributed by atoms with Crippen LogP contribution < -0.4 is 0 Å². The highest BCUT2D eigenvalue weighted by atomic mass is 127. The number of hydrogen-bond donors (Lipinski definition) is 0. The van der Waals surface area contributed by atoms with Crippen LogP contribution in [-0.4, -0.2) is 7.40 Å². The van der Waals surface area contributed by atoms with Crippen molar-refractivity contribution in [3.63, 3.8) is 0 Å². The lowest BCUT2D eigenvalue weighted by Gasteiger charge is -2.18. The quantitative estimate of drug-likeness (QED) is 0.423. The van der Waals surface area contributed by atoms with Crippen LogP contribution in [0.1, 0.15) is 12.8 Å². The molecule has 0 aliphatic heterocycles. The third-order valence-corrected chi connectivity index (χ3v) is 5.43. The summed E-state index contributed by atoms with van der Waals surface area (Å²) in [7, 11) is 0. The average molecular weight is 516 g/mol. The molecule has 0 spiro atoms. The summed E-state index contributed by atoms with van der Waals surface area (Å²) in [5.74, 6) is 0.0625. The molecule has 0 saturated carbocycles. The molecule has 0 fully saturated rings. The van der Waals surface area contributed by atoms with E-state index in [2.05, 4.69) is 6.08 Å². The highest BCUT2D eigenvalue weighted by molar-refractivity contribution is 14.2. The molecule has 0 atom stereocenters. The van der Waals surface area contributed by atoms with Gasteiger partial charge in [-0.25, -0.2) is 0 Å². The minimum Gasteiger partial charge on any atom is -0.289 e. The Kier molecular flexibility index (Phi) is 5.14. The van der Waals surface area contributed by atoms with Gasteiger partial charge in [0.05, 0.1) is 0 Å². The molecule has 13 heavy (non-hydrogen) atoms. The van der Waals surface area contributed by atoms with Crippen molar-refractivity contribution in [2.45, 2.75) is 14.5 Å². The Morgan fingerprint density at radius 2 is 2.23 bits per heavy atom. The van der Waals surface area contributed by atoms with Gasteiger partial charge in [0, 0.05) is 5.57 Å². The number of rotatable bonds is 3. The number of allylic oxidation sites excluding steroid dienone is 3. The van der Waals surface area contributed by atoms with Crippen molar-refractivity contribution in [1.29, 1.82) is 0 Å². The molecule has 1 aliphatic carbocycles. The molecule has 0 amide bonds. The molecule has 0 heterocycles. The SMILES string of the molecule is O=C(C1=CC=CCC1)C(I)(I)OI. The van der Waals surface area contributed by atoms with Crippen molar-refractivity contribution in [2.24, 2.45) is 0 Å². The predicted molar refractivity (Wildman–Crippen MR) is 77.3 cm³/mol. The molecule has 0 saturated heterocycles. The van der Waals surface area contributed by atoms with Gasteiger partial charge >= 0.3 is 0 Å². The molecular formula is C8H7I3O2. The van der Waals surface area contributed by atoms with E-state index in [-0.39, 0.29) is 5.78 Å². The maximum atomic E-state index is 11.8. The smallest absolute Gasteiger partial charge is 0.242 e. The molecular weight excluding hydrogens is 509 g/mol.